The number of piperidine rings is 1. The van der Waals surface area contributed by atoms with E-state index in [1.54, 1.807) is 13.0 Å². The summed E-state index contributed by atoms with van der Waals surface area (Å²) in [6.07, 6.45) is 0.909. The maximum Gasteiger partial charge on any atom is 0.266 e. The number of fused-ring (bicyclic) bond motifs is 1. The highest BCUT2D eigenvalue weighted by atomic mass is 19.3. The van der Waals surface area contributed by atoms with Crippen molar-refractivity contribution in [3.63, 3.8) is 0 Å². The molecule has 1 unspecified atom stereocenters. The SMILES string of the molecule is Cc1cc(C2CN(C(=O)c3ccc(F)cc3)CC(F)(F)C2)n2ncnc2n1. The Morgan fingerprint density at radius 1 is 1.26 bits per heavy atom. The number of hydrogen-bond donors (Lipinski definition) is 0. The summed E-state index contributed by atoms with van der Waals surface area (Å²) in [7, 11) is 0. The summed E-state index contributed by atoms with van der Waals surface area (Å²) >= 11 is 0. The van der Waals surface area contributed by atoms with Crippen molar-refractivity contribution in [1.82, 2.24) is 24.5 Å². The highest BCUT2D eigenvalue weighted by Gasteiger charge is 2.43. The van der Waals surface area contributed by atoms with Gasteiger partial charge in [0, 0.05) is 30.1 Å². The molecule has 1 aromatic carbocycles. The zero-order valence-corrected chi connectivity index (χ0v) is 14.4. The number of aromatic nitrogens is 4. The molecule has 6 nitrogen and oxygen atoms in total. The Labute approximate surface area is 152 Å². The smallest absolute Gasteiger partial charge is 0.266 e. The van der Waals surface area contributed by atoms with Gasteiger partial charge in [-0.05, 0) is 37.3 Å². The topological polar surface area (TPSA) is 63.4 Å². The normalized spacial score (nSPS) is 19.4. The molecule has 1 amide bonds. The van der Waals surface area contributed by atoms with E-state index in [4.69, 9.17) is 0 Å². The average Bonchev–Trinajstić information content (AvgIpc) is 3.08. The van der Waals surface area contributed by atoms with Gasteiger partial charge < -0.3 is 4.90 Å². The van der Waals surface area contributed by atoms with E-state index in [0.717, 1.165) is 17.0 Å². The van der Waals surface area contributed by atoms with Crippen molar-refractivity contribution in [1.29, 1.82) is 0 Å². The van der Waals surface area contributed by atoms with E-state index in [1.807, 2.05) is 0 Å². The molecular weight excluding hydrogens is 359 g/mol. The molecule has 1 atom stereocenters. The lowest BCUT2D eigenvalue weighted by Crippen LogP contribution is -2.49. The molecule has 0 radical (unpaired) electrons. The van der Waals surface area contributed by atoms with Crippen LogP contribution in [-0.4, -0.2) is 49.4 Å². The Morgan fingerprint density at radius 2 is 2.00 bits per heavy atom. The van der Waals surface area contributed by atoms with Crippen LogP contribution in [0.15, 0.2) is 36.7 Å². The van der Waals surface area contributed by atoms with Gasteiger partial charge in [-0.25, -0.2) is 22.7 Å². The van der Waals surface area contributed by atoms with E-state index in [0.29, 0.717) is 17.2 Å². The van der Waals surface area contributed by atoms with Gasteiger partial charge in [-0.1, -0.05) is 0 Å². The molecule has 0 bridgehead atoms. The third-order valence-corrected chi connectivity index (χ3v) is 4.61. The zero-order chi connectivity index (χ0) is 19.2. The second kappa shape index (κ2) is 6.33. The van der Waals surface area contributed by atoms with Crippen LogP contribution in [0.1, 0.15) is 34.1 Å². The lowest BCUT2D eigenvalue weighted by molar-refractivity contribution is -0.0641. The zero-order valence-electron chi connectivity index (χ0n) is 14.4. The molecule has 1 fully saturated rings. The van der Waals surface area contributed by atoms with E-state index in [-0.39, 0.29) is 12.1 Å². The van der Waals surface area contributed by atoms with Crippen LogP contribution in [0, 0.1) is 12.7 Å². The van der Waals surface area contributed by atoms with Crippen molar-refractivity contribution in [2.45, 2.75) is 25.2 Å². The average molecular weight is 375 g/mol. The molecule has 0 spiro atoms. The number of alkyl halides is 2. The number of carbonyl (C=O) groups excluding carboxylic acids is 1. The van der Waals surface area contributed by atoms with Crippen molar-refractivity contribution in [3.8, 4) is 0 Å². The van der Waals surface area contributed by atoms with Gasteiger partial charge in [0.1, 0.15) is 12.1 Å². The van der Waals surface area contributed by atoms with Crippen LogP contribution < -0.4 is 0 Å². The van der Waals surface area contributed by atoms with E-state index >= 15 is 0 Å². The third kappa shape index (κ3) is 3.36. The van der Waals surface area contributed by atoms with Crippen LogP contribution in [0.3, 0.4) is 0 Å². The van der Waals surface area contributed by atoms with Gasteiger partial charge in [0.2, 0.25) is 0 Å². The maximum absolute atomic E-state index is 14.4. The van der Waals surface area contributed by atoms with Crippen molar-refractivity contribution < 1.29 is 18.0 Å². The number of likely N-dealkylation sites (tertiary alicyclic amines) is 1. The number of benzene rings is 1. The molecule has 0 saturated carbocycles. The predicted octanol–water partition coefficient (Wildman–Crippen LogP) is 2.84. The molecule has 2 aromatic heterocycles. The molecule has 0 aliphatic carbocycles. The van der Waals surface area contributed by atoms with E-state index in [1.165, 1.54) is 23.0 Å². The first kappa shape index (κ1) is 17.4. The van der Waals surface area contributed by atoms with Gasteiger partial charge in [-0.3, -0.25) is 4.79 Å². The quantitative estimate of drug-likeness (QED) is 0.691. The van der Waals surface area contributed by atoms with Gasteiger partial charge in [0.25, 0.3) is 17.6 Å². The number of aryl methyl sites for hydroxylation is 1. The lowest BCUT2D eigenvalue weighted by atomic mass is 9.91. The summed E-state index contributed by atoms with van der Waals surface area (Å²) in [6.45, 7) is 1.18. The molecule has 4 rings (SSSR count). The van der Waals surface area contributed by atoms with Crippen LogP contribution in [0.5, 0.6) is 0 Å². The minimum Gasteiger partial charge on any atom is -0.332 e. The third-order valence-electron chi connectivity index (χ3n) is 4.61. The number of rotatable bonds is 2. The predicted molar refractivity (Wildman–Crippen MR) is 90.1 cm³/mol. The number of amides is 1. The van der Waals surface area contributed by atoms with E-state index in [9.17, 15) is 18.0 Å². The summed E-state index contributed by atoms with van der Waals surface area (Å²) in [5, 5.41) is 4.07. The van der Waals surface area contributed by atoms with Crippen LogP contribution in [-0.2, 0) is 0 Å². The molecule has 3 aromatic rings. The molecule has 9 heteroatoms. The van der Waals surface area contributed by atoms with Crippen LogP contribution in [0.2, 0.25) is 0 Å². The number of halogens is 3. The molecule has 0 N–H and O–H groups in total. The van der Waals surface area contributed by atoms with Gasteiger partial charge >= 0.3 is 0 Å². The van der Waals surface area contributed by atoms with Crippen LogP contribution in [0.25, 0.3) is 5.78 Å². The molecule has 1 aliphatic heterocycles. The second-order valence-corrected chi connectivity index (χ2v) is 6.74. The summed E-state index contributed by atoms with van der Waals surface area (Å²) in [6, 6.07) is 6.56. The van der Waals surface area contributed by atoms with Gasteiger partial charge in [-0.15, -0.1) is 0 Å². The molecule has 1 aliphatic rings. The van der Waals surface area contributed by atoms with Gasteiger partial charge in [0.05, 0.1) is 12.2 Å². The standard InChI is InChI=1S/C18H16F3N5O/c1-11-6-15(26-17(24-11)22-10-23-26)13-7-18(20,21)9-25(8-13)16(27)12-2-4-14(19)5-3-12/h2-6,10,13H,7-9H2,1H3. The monoisotopic (exact) mass is 375 g/mol. The summed E-state index contributed by atoms with van der Waals surface area (Å²) < 4.78 is 43.4. The Bertz CT molecular complexity index is 1000. The minimum absolute atomic E-state index is 0.101. The first-order valence-corrected chi connectivity index (χ1v) is 8.42. The van der Waals surface area contributed by atoms with Crippen molar-refractivity contribution >= 4 is 11.7 Å². The van der Waals surface area contributed by atoms with E-state index < -0.39 is 36.5 Å². The first-order chi connectivity index (χ1) is 12.8. The van der Waals surface area contributed by atoms with Gasteiger partial charge in [0.15, 0.2) is 0 Å². The van der Waals surface area contributed by atoms with Crippen LogP contribution in [0.4, 0.5) is 13.2 Å². The number of hydrogen-bond acceptors (Lipinski definition) is 4. The summed E-state index contributed by atoms with van der Waals surface area (Å²) in [5.74, 6) is -4.41. The fourth-order valence-electron chi connectivity index (χ4n) is 3.48. The molecule has 27 heavy (non-hydrogen) atoms. The fraction of sp³-hybridized carbons (Fsp3) is 0.333. The fourth-order valence-corrected chi connectivity index (χ4v) is 3.48. The minimum atomic E-state index is -3.05. The number of carbonyl (C=O) groups is 1. The van der Waals surface area contributed by atoms with Crippen LogP contribution >= 0.6 is 0 Å². The molecule has 140 valence electrons. The molecule has 1 saturated heterocycles. The van der Waals surface area contributed by atoms with Crippen molar-refractivity contribution in [3.05, 3.63) is 59.4 Å². The first-order valence-electron chi connectivity index (χ1n) is 8.42. The van der Waals surface area contributed by atoms with E-state index in [2.05, 4.69) is 15.1 Å². The Hall–Kier alpha value is -2.97. The Kier molecular flexibility index (Phi) is 4.09. The highest BCUT2D eigenvalue weighted by Crippen LogP contribution is 2.36. The molecule has 3 heterocycles. The summed E-state index contributed by atoms with van der Waals surface area (Å²) in [5.41, 5.74) is 1.34. The lowest BCUT2D eigenvalue weighted by Gasteiger charge is -2.37. The van der Waals surface area contributed by atoms with Crippen molar-refractivity contribution in [2.75, 3.05) is 13.1 Å². The van der Waals surface area contributed by atoms with Crippen molar-refractivity contribution in [2.24, 2.45) is 0 Å². The van der Waals surface area contributed by atoms with Gasteiger partial charge in [-0.2, -0.15) is 10.1 Å². The maximum atomic E-state index is 14.4. The summed E-state index contributed by atoms with van der Waals surface area (Å²) in [4.78, 5) is 22.0. The Balaban J connectivity index is 1.69. The Morgan fingerprint density at radius 3 is 2.74 bits per heavy atom. The highest BCUT2D eigenvalue weighted by molar-refractivity contribution is 5.94. The largest absolute Gasteiger partial charge is 0.332 e. The second-order valence-electron chi connectivity index (χ2n) is 6.74. The number of nitrogens with zero attached hydrogens (tertiary/aromatic N) is 5. The molecular formula is C18H16F3N5O.